The number of para-hydroxylation sites is 1. The third kappa shape index (κ3) is 4.33. The molecule has 0 fully saturated rings. The van der Waals surface area contributed by atoms with E-state index < -0.39 is 0 Å². The highest BCUT2D eigenvalue weighted by Gasteiger charge is 2.21. The first-order chi connectivity index (χ1) is 22.1. The largest absolute Gasteiger partial charge is 0.309 e. The van der Waals surface area contributed by atoms with Gasteiger partial charge in [-0.05, 0) is 79.1 Å². The first-order valence-corrected chi connectivity index (χ1v) is 15.0. The predicted octanol–water partition coefficient (Wildman–Crippen LogP) is 8.11. The summed E-state index contributed by atoms with van der Waals surface area (Å²) in [6.07, 6.45) is 10.9. The lowest BCUT2D eigenvalue weighted by atomic mass is 10.1. The van der Waals surface area contributed by atoms with Crippen LogP contribution in [-0.2, 0) is 0 Å². The molecule has 8 nitrogen and oxygen atoms in total. The first kappa shape index (κ1) is 26.7. The summed E-state index contributed by atoms with van der Waals surface area (Å²) in [6.45, 7) is 6.52. The molecule has 0 aliphatic rings. The molecule has 5 aromatic heterocycles. The van der Waals surface area contributed by atoms with E-state index in [1.165, 1.54) is 5.39 Å². The van der Waals surface area contributed by atoms with E-state index in [4.69, 9.17) is 9.97 Å². The van der Waals surface area contributed by atoms with Gasteiger partial charge in [0.1, 0.15) is 18.5 Å². The fraction of sp³-hybridized carbons (Fsp3) is 0.108. The second kappa shape index (κ2) is 10.7. The Bertz CT molecular complexity index is 2310. The molecule has 0 radical (unpaired) electrons. The van der Waals surface area contributed by atoms with Crippen molar-refractivity contribution in [3.05, 3.63) is 134 Å². The Kier molecular flexibility index (Phi) is 6.34. The van der Waals surface area contributed by atoms with Crippen LogP contribution in [0, 0.1) is 6.92 Å². The molecular formula is C37H30N8. The zero-order valence-corrected chi connectivity index (χ0v) is 25.2. The number of fused-ring (bicyclic) bond motifs is 3. The molecule has 8 aromatic rings. The topological polar surface area (TPSA) is 79.2 Å². The highest BCUT2D eigenvalue weighted by molar-refractivity contribution is 6.13. The number of aryl methyl sites for hydroxylation is 1. The van der Waals surface area contributed by atoms with Crippen LogP contribution in [0.25, 0.3) is 61.5 Å². The third-order valence-electron chi connectivity index (χ3n) is 8.41. The van der Waals surface area contributed by atoms with Gasteiger partial charge in [0.2, 0.25) is 0 Å². The van der Waals surface area contributed by atoms with Crippen molar-refractivity contribution in [2.24, 2.45) is 0 Å². The lowest BCUT2D eigenvalue weighted by Gasteiger charge is -2.18. The molecule has 8 rings (SSSR count). The van der Waals surface area contributed by atoms with Crippen LogP contribution in [0.4, 0.5) is 0 Å². The molecule has 8 heteroatoms. The van der Waals surface area contributed by atoms with Gasteiger partial charge in [-0.3, -0.25) is 19.1 Å². The summed E-state index contributed by atoms with van der Waals surface area (Å²) in [5, 5.41) is 10.5. The lowest BCUT2D eigenvalue weighted by molar-refractivity contribution is 0.805. The Hall–Kier alpha value is -5.89. The van der Waals surface area contributed by atoms with E-state index in [0.29, 0.717) is 0 Å². The van der Waals surface area contributed by atoms with Crippen molar-refractivity contribution >= 4 is 21.8 Å². The SMILES string of the molecule is Cc1cc(-c2ncc(-c3ccncc3)n2-c2cccnc2C(C)C)ccc1-n1c2ccccc2c2c(-n3cnnc3)cccc21. The molecular weight excluding hydrogens is 556 g/mol. The van der Waals surface area contributed by atoms with Crippen LogP contribution >= 0.6 is 0 Å². The maximum Gasteiger partial charge on any atom is 0.145 e. The molecule has 0 atom stereocenters. The number of benzene rings is 3. The Balaban J connectivity index is 1.33. The van der Waals surface area contributed by atoms with Crippen LogP contribution in [0.1, 0.15) is 31.0 Å². The molecule has 3 aromatic carbocycles. The van der Waals surface area contributed by atoms with Crippen molar-refractivity contribution in [3.8, 4) is 39.7 Å². The van der Waals surface area contributed by atoms with Gasteiger partial charge < -0.3 is 4.57 Å². The van der Waals surface area contributed by atoms with Gasteiger partial charge in [-0.1, -0.05) is 38.1 Å². The number of hydrogen-bond donors (Lipinski definition) is 0. The maximum atomic E-state index is 5.01. The lowest BCUT2D eigenvalue weighted by Crippen LogP contribution is -2.07. The van der Waals surface area contributed by atoms with Crippen molar-refractivity contribution in [1.29, 1.82) is 0 Å². The van der Waals surface area contributed by atoms with Crippen LogP contribution in [0.5, 0.6) is 0 Å². The smallest absolute Gasteiger partial charge is 0.145 e. The van der Waals surface area contributed by atoms with Crippen LogP contribution in [-0.4, -0.2) is 38.9 Å². The predicted molar refractivity (Wildman–Crippen MR) is 178 cm³/mol. The van der Waals surface area contributed by atoms with Crippen molar-refractivity contribution in [1.82, 2.24) is 38.9 Å². The van der Waals surface area contributed by atoms with Crippen LogP contribution in [0.3, 0.4) is 0 Å². The Morgan fingerprint density at radius 2 is 1.42 bits per heavy atom. The fourth-order valence-corrected chi connectivity index (χ4v) is 6.41. The number of hydrogen-bond acceptors (Lipinski definition) is 5. The molecule has 0 unspecified atom stereocenters. The number of nitrogens with zero attached hydrogens (tertiary/aromatic N) is 8. The normalized spacial score (nSPS) is 11.6. The molecule has 0 saturated heterocycles. The Labute approximate surface area is 260 Å². The highest BCUT2D eigenvalue weighted by Crippen LogP contribution is 2.38. The van der Waals surface area contributed by atoms with Crippen LogP contribution in [0.15, 0.2) is 122 Å². The van der Waals surface area contributed by atoms with Gasteiger partial charge in [-0.25, -0.2) is 4.98 Å². The summed E-state index contributed by atoms with van der Waals surface area (Å²) in [5.41, 5.74) is 10.7. The second-order valence-corrected chi connectivity index (χ2v) is 11.5. The summed E-state index contributed by atoms with van der Waals surface area (Å²) >= 11 is 0. The summed E-state index contributed by atoms with van der Waals surface area (Å²) in [4.78, 5) is 14.0. The number of rotatable bonds is 6. The molecule has 0 saturated carbocycles. The molecule has 218 valence electrons. The zero-order chi connectivity index (χ0) is 30.5. The second-order valence-electron chi connectivity index (χ2n) is 11.5. The molecule has 0 bridgehead atoms. The summed E-state index contributed by atoms with van der Waals surface area (Å²) in [6, 6.07) is 29.7. The van der Waals surface area contributed by atoms with Crippen molar-refractivity contribution in [2.45, 2.75) is 26.7 Å². The molecule has 5 heterocycles. The maximum absolute atomic E-state index is 5.01. The first-order valence-electron chi connectivity index (χ1n) is 15.0. The summed E-state index contributed by atoms with van der Waals surface area (Å²) in [7, 11) is 0. The highest BCUT2D eigenvalue weighted by atomic mass is 15.2. The molecule has 0 N–H and O–H groups in total. The Morgan fingerprint density at radius 3 is 2.22 bits per heavy atom. The monoisotopic (exact) mass is 586 g/mol. The van der Waals surface area contributed by atoms with Gasteiger partial charge in [0.15, 0.2) is 0 Å². The van der Waals surface area contributed by atoms with Gasteiger partial charge >= 0.3 is 0 Å². The average molecular weight is 587 g/mol. The zero-order valence-electron chi connectivity index (χ0n) is 25.2. The average Bonchev–Trinajstić information content (AvgIpc) is 3.84. The van der Waals surface area contributed by atoms with Crippen molar-refractivity contribution < 1.29 is 0 Å². The van der Waals surface area contributed by atoms with E-state index in [-0.39, 0.29) is 5.92 Å². The fourth-order valence-electron chi connectivity index (χ4n) is 6.41. The molecule has 0 aliphatic heterocycles. The molecule has 0 spiro atoms. The number of aromatic nitrogens is 8. The number of imidazole rings is 1. The number of pyridine rings is 2. The van der Waals surface area contributed by atoms with Gasteiger partial charge in [0, 0.05) is 46.2 Å². The van der Waals surface area contributed by atoms with E-state index in [1.54, 1.807) is 12.7 Å². The van der Waals surface area contributed by atoms with E-state index in [9.17, 15) is 0 Å². The minimum absolute atomic E-state index is 0.240. The summed E-state index contributed by atoms with van der Waals surface area (Å²) < 4.78 is 6.56. The van der Waals surface area contributed by atoms with Crippen molar-refractivity contribution in [3.63, 3.8) is 0 Å². The minimum Gasteiger partial charge on any atom is -0.309 e. The van der Waals surface area contributed by atoms with E-state index in [0.717, 1.165) is 67.4 Å². The van der Waals surface area contributed by atoms with E-state index in [1.807, 2.05) is 47.6 Å². The van der Waals surface area contributed by atoms with Crippen LogP contribution in [0.2, 0.25) is 0 Å². The van der Waals surface area contributed by atoms with E-state index >= 15 is 0 Å². The minimum atomic E-state index is 0.240. The molecule has 0 amide bonds. The quantitative estimate of drug-likeness (QED) is 0.197. The van der Waals surface area contributed by atoms with Gasteiger partial charge in [-0.15, -0.1) is 10.2 Å². The van der Waals surface area contributed by atoms with Crippen molar-refractivity contribution in [2.75, 3.05) is 0 Å². The van der Waals surface area contributed by atoms with Crippen LogP contribution < -0.4 is 0 Å². The van der Waals surface area contributed by atoms with Gasteiger partial charge in [0.05, 0.1) is 40.0 Å². The van der Waals surface area contributed by atoms with Gasteiger partial charge in [0.25, 0.3) is 0 Å². The standard InChI is InChI=1S/C37H30N8/c1-24(2)36-33(12-7-17-39-36)45-34(26-15-18-38-19-16-26)21-40-37(45)27-13-14-29(25(3)20-27)44-30-9-5-4-8-28(30)35-31(10-6-11-32(35)44)43-22-41-42-23-43/h4-24H,1-3H3. The Morgan fingerprint density at radius 1 is 0.644 bits per heavy atom. The summed E-state index contributed by atoms with van der Waals surface area (Å²) in [5.74, 6) is 1.10. The van der Waals surface area contributed by atoms with E-state index in [2.05, 4.69) is 112 Å². The molecule has 0 aliphatic carbocycles. The third-order valence-corrected chi connectivity index (χ3v) is 8.41. The van der Waals surface area contributed by atoms with Gasteiger partial charge in [-0.2, -0.15) is 0 Å². The molecule has 45 heavy (non-hydrogen) atoms.